The van der Waals surface area contributed by atoms with Gasteiger partial charge in [0.05, 0.1) is 18.8 Å². The molecule has 0 aliphatic heterocycles. The number of anilines is 1. The van der Waals surface area contributed by atoms with Crippen molar-refractivity contribution < 1.29 is 13.8 Å². The van der Waals surface area contributed by atoms with Crippen LogP contribution in [0.25, 0.3) is 0 Å². The number of hydrogen-bond donors (Lipinski definition) is 1. The Morgan fingerprint density at radius 3 is 2.55 bits per heavy atom. The van der Waals surface area contributed by atoms with E-state index in [0.29, 0.717) is 31.1 Å². The monoisotopic (exact) mass is 322 g/mol. The lowest BCUT2D eigenvalue weighted by Gasteiger charge is -2.13. The number of allylic oxidation sites excluding steroid dienone is 1. The molecule has 5 nitrogen and oxygen atoms in total. The lowest BCUT2D eigenvalue weighted by Crippen LogP contribution is -1.98. The molecular formula is C16H23N2O3P. The van der Waals surface area contributed by atoms with E-state index in [0.717, 1.165) is 11.8 Å². The summed E-state index contributed by atoms with van der Waals surface area (Å²) < 4.78 is 16.7. The van der Waals surface area contributed by atoms with Gasteiger partial charge >= 0.3 is 0 Å². The standard InChI is InChI=1S/C16H23N2O3P/c1-4-20-22(21-5-2)11-7-6-10-19-16-12-15(18-3)9-8-14(16)13-17/h6-9,12,18H,4-5,10-11H2,1-3H3/b7-6+. The number of rotatable bonds is 10. The fourth-order valence-electron chi connectivity index (χ4n) is 1.69. The highest BCUT2D eigenvalue weighted by Crippen LogP contribution is 2.37. The van der Waals surface area contributed by atoms with Gasteiger partial charge in [-0.2, -0.15) is 5.26 Å². The Bertz CT molecular complexity index is 509. The Hall–Kier alpha value is -1.60. The maximum Gasteiger partial charge on any atom is 0.174 e. The summed E-state index contributed by atoms with van der Waals surface area (Å²) in [5.41, 5.74) is 1.44. The van der Waals surface area contributed by atoms with Crippen molar-refractivity contribution >= 4 is 14.1 Å². The van der Waals surface area contributed by atoms with Crippen LogP contribution in [0, 0.1) is 11.3 Å². The zero-order chi connectivity index (χ0) is 16.2. The second kappa shape index (κ2) is 11.0. The highest BCUT2D eigenvalue weighted by atomic mass is 31.2. The fraction of sp³-hybridized carbons (Fsp3) is 0.438. The molecule has 0 amide bonds. The summed E-state index contributed by atoms with van der Waals surface area (Å²) in [6, 6.07) is 7.54. The van der Waals surface area contributed by atoms with Crippen LogP contribution in [0.15, 0.2) is 30.4 Å². The molecule has 0 bridgehead atoms. The van der Waals surface area contributed by atoms with Gasteiger partial charge in [-0.3, -0.25) is 0 Å². The van der Waals surface area contributed by atoms with Crippen LogP contribution in [0.5, 0.6) is 5.75 Å². The second-order valence-electron chi connectivity index (χ2n) is 4.21. The average Bonchev–Trinajstić information content (AvgIpc) is 2.54. The average molecular weight is 322 g/mol. The van der Waals surface area contributed by atoms with Gasteiger partial charge in [-0.15, -0.1) is 0 Å². The van der Waals surface area contributed by atoms with E-state index in [-0.39, 0.29) is 0 Å². The number of benzene rings is 1. The van der Waals surface area contributed by atoms with Crippen LogP contribution in [-0.2, 0) is 9.05 Å². The predicted octanol–water partition coefficient (Wildman–Crippen LogP) is 3.92. The number of ether oxygens (including phenoxy) is 1. The van der Waals surface area contributed by atoms with Crippen molar-refractivity contribution in [2.24, 2.45) is 0 Å². The largest absolute Gasteiger partial charge is 0.488 e. The van der Waals surface area contributed by atoms with Crippen LogP contribution in [-0.4, -0.2) is 33.0 Å². The predicted molar refractivity (Wildman–Crippen MR) is 90.4 cm³/mol. The van der Waals surface area contributed by atoms with Crippen molar-refractivity contribution in [1.82, 2.24) is 0 Å². The van der Waals surface area contributed by atoms with Crippen LogP contribution in [0.4, 0.5) is 5.69 Å². The molecule has 0 radical (unpaired) electrons. The maximum atomic E-state index is 9.08. The van der Waals surface area contributed by atoms with Gasteiger partial charge < -0.3 is 19.1 Å². The number of nitrogens with zero attached hydrogens (tertiary/aromatic N) is 1. The lowest BCUT2D eigenvalue weighted by atomic mass is 10.2. The summed E-state index contributed by atoms with van der Waals surface area (Å²) in [7, 11) is 0.975. The van der Waals surface area contributed by atoms with Crippen molar-refractivity contribution in [2.45, 2.75) is 13.8 Å². The molecule has 0 spiro atoms. The van der Waals surface area contributed by atoms with Gasteiger partial charge in [0.2, 0.25) is 0 Å². The zero-order valence-corrected chi connectivity index (χ0v) is 14.2. The van der Waals surface area contributed by atoms with Gasteiger partial charge in [0.15, 0.2) is 8.38 Å². The summed E-state index contributed by atoms with van der Waals surface area (Å²) >= 11 is 0. The molecule has 0 heterocycles. The molecule has 120 valence electrons. The first kappa shape index (κ1) is 18.4. The van der Waals surface area contributed by atoms with Gasteiger partial charge in [0, 0.05) is 25.0 Å². The minimum atomic E-state index is -0.854. The first-order valence-corrected chi connectivity index (χ1v) is 8.64. The van der Waals surface area contributed by atoms with E-state index in [1.54, 1.807) is 6.07 Å². The lowest BCUT2D eigenvalue weighted by molar-refractivity contribution is 0.271. The molecule has 1 N–H and O–H groups in total. The molecule has 1 aromatic carbocycles. The number of hydrogen-bond acceptors (Lipinski definition) is 5. The summed E-state index contributed by atoms with van der Waals surface area (Å²) in [5.74, 6) is 0.580. The molecule has 0 saturated carbocycles. The second-order valence-corrected chi connectivity index (χ2v) is 5.75. The van der Waals surface area contributed by atoms with Crippen molar-refractivity contribution in [3.63, 3.8) is 0 Å². The summed E-state index contributed by atoms with van der Waals surface area (Å²) in [6.07, 6.45) is 4.65. The molecule has 0 saturated heterocycles. The van der Waals surface area contributed by atoms with E-state index < -0.39 is 8.38 Å². The van der Waals surface area contributed by atoms with Crippen molar-refractivity contribution in [1.29, 1.82) is 5.26 Å². The van der Waals surface area contributed by atoms with Gasteiger partial charge in [0.1, 0.15) is 18.4 Å². The summed E-state index contributed by atoms with van der Waals surface area (Å²) in [6.45, 7) is 5.62. The van der Waals surface area contributed by atoms with E-state index in [9.17, 15) is 0 Å². The zero-order valence-electron chi connectivity index (χ0n) is 13.3. The Kier molecular flexibility index (Phi) is 9.25. The maximum absolute atomic E-state index is 9.08. The van der Waals surface area contributed by atoms with Crippen LogP contribution in [0.1, 0.15) is 19.4 Å². The molecule has 0 aromatic heterocycles. The molecular weight excluding hydrogens is 299 g/mol. The van der Waals surface area contributed by atoms with Crippen molar-refractivity contribution in [2.75, 3.05) is 38.3 Å². The van der Waals surface area contributed by atoms with Gasteiger partial charge in [0.25, 0.3) is 0 Å². The first-order valence-electron chi connectivity index (χ1n) is 7.28. The summed E-state index contributed by atoms with van der Waals surface area (Å²) in [5, 5.41) is 12.1. The van der Waals surface area contributed by atoms with E-state index in [1.165, 1.54) is 0 Å². The fourth-order valence-corrected chi connectivity index (χ4v) is 2.87. The Labute approximate surface area is 133 Å². The summed E-state index contributed by atoms with van der Waals surface area (Å²) in [4.78, 5) is 0. The van der Waals surface area contributed by atoms with Crippen LogP contribution in [0.3, 0.4) is 0 Å². The third-order valence-corrected chi connectivity index (χ3v) is 4.29. The van der Waals surface area contributed by atoms with Gasteiger partial charge in [-0.25, -0.2) is 0 Å². The highest BCUT2D eigenvalue weighted by molar-refractivity contribution is 7.47. The quantitative estimate of drug-likeness (QED) is 0.522. The van der Waals surface area contributed by atoms with Crippen LogP contribution in [0.2, 0.25) is 0 Å². The Balaban J connectivity index is 2.49. The smallest absolute Gasteiger partial charge is 0.174 e. The normalized spacial score (nSPS) is 10.9. The number of nitrogens with one attached hydrogen (secondary N) is 1. The molecule has 1 rings (SSSR count). The van der Waals surface area contributed by atoms with Crippen LogP contribution >= 0.6 is 8.38 Å². The molecule has 1 aromatic rings. The molecule has 22 heavy (non-hydrogen) atoms. The van der Waals surface area contributed by atoms with Crippen molar-refractivity contribution in [3.8, 4) is 11.8 Å². The SMILES string of the molecule is CCOP(C/C=C/COc1cc(NC)ccc1C#N)OCC. The molecule has 0 unspecified atom stereocenters. The van der Waals surface area contributed by atoms with E-state index >= 15 is 0 Å². The third-order valence-electron chi connectivity index (χ3n) is 2.69. The van der Waals surface area contributed by atoms with Crippen LogP contribution < -0.4 is 10.1 Å². The minimum Gasteiger partial charge on any atom is -0.488 e. The molecule has 0 fully saturated rings. The van der Waals surface area contributed by atoms with E-state index in [4.69, 9.17) is 19.0 Å². The third kappa shape index (κ3) is 6.44. The van der Waals surface area contributed by atoms with E-state index in [1.807, 2.05) is 45.2 Å². The number of nitriles is 1. The molecule has 0 aliphatic rings. The molecule has 6 heteroatoms. The topological polar surface area (TPSA) is 63.5 Å². The van der Waals surface area contributed by atoms with Gasteiger partial charge in [-0.1, -0.05) is 12.2 Å². The van der Waals surface area contributed by atoms with Gasteiger partial charge in [-0.05, 0) is 26.0 Å². The Morgan fingerprint density at radius 1 is 1.23 bits per heavy atom. The van der Waals surface area contributed by atoms with E-state index in [2.05, 4.69) is 11.4 Å². The first-order chi connectivity index (χ1) is 10.7. The Morgan fingerprint density at radius 2 is 1.95 bits per heavy atom. The minimum absolute atomic E-state index is 0.406. The molecule has 0 aliphatic carbocycles. The van der Waals surface area contributed by atoms with Crippen molar-refractivity contribution in [3.05, 3.63) is 35.9 Å². The highest BCUT2D eigenvalue weighted by Gasteiger charge is 2.06. The molecule has 0 atom stereocenters.